The predicted molar refractivity (Wildman–Crippen MR) is 109 cm³/mol. The third kappa shape index (κ3) is 3.97. The summed E-state index contributed by atoms with van der Waals surface area (Å²) in [5.41, 5.74) is 2.35. The monoisotopic (exact) mass is 364 g/mol. The molecule has 0 bridgehead atoms. The van der Waals surface area contributed by atoms with E-state index in [9.17, 15) is 4.39 Å². The van der Waals surface area contributed by atoms with Gasteiger partial charge in [0.1, 0.15) is 5.82 Å². The molecule has 3 aromatic rings. The van der Waals surface area contributed by atoms with Crippen molar-refractivity contribution in [3.63, 3.8) is 0 Å². The average molecular weight is 364 g/mol. The first kappa shape index (κ1) is 18.0. The Morgan fingerprint density at radius 3 is 2.70 bits per heavy atom. The summed E-state index contributed by atoms with van der Waals surface area (Å²) in [6.07, 6.45) is 0. The third-order valence-corrected chi connectivity index (χ3v) is 5.34. The van der Waals surface area contributed by atoms with E-state index in [0.717, 1.165) is 18.8 Å². The second-order valence-electron chi connectivity index (χ2n) is 7.10. The fourth-order valence-electron chi connectivity index (χ4n) is 3.85. The molecule has 3 nitrogen and oxygen atoms in total. The summed E-state index contributed by atoms with van der Waals surface area (Å²) < 4.78 is 19.0. The fourth-order valence-corrected chi connectivity index (χ4v) is 3.85. The zero-order valence-corrected chi connectivity index (χ0v) is 15.6. The standard InChI is InChI=1S/C23H25FN2O/c1-17(22-8-4-6-18-5-2-3-7-23(18)22)25-15-21-16-27-14-13-26(21)20-11-9-19(24)10-12-20/h2-12,17,21,25H,13-16H2,1H3/t17-,21?/m1/s1. The van der Waals surface area contributed by atoms with Gasteiger partial charge in [0.2, 0.25) is 0 Å². The molecule has 2 atom stereocenters. The van der Waals surface area contributed by atoms with Crippen molar-refractivity contribution in [3.8, 4) is 0 Å². The van der Waals surface area contributed by atoms with Gasteiger partial charge in [0.25, 0.3) is 0 Å². The van der Waals surface area contributed by atoms with Crippen LogP contribution in [0, 0.1) is 5.82 Å². The zero-order chi connectivity index (χ0) is 18.6. The number of hydrogen-bond donors (Lipinski definition) is 1. The van der Waals surface area contributed by atoms with Crippen molar-refractivity contribution in [1.29, 1.82) is 0 Å². The van der Waals surface area contributed by atoms with Crippen LogP contribution >= 0.6 is 0 Å². The molecule has 0 saturated carbocycles. The van der Waals surface area contributed by atoms with Crippen molar-refractivity contribution >= 4 is 16.5 Å². The molecule has 4 heteroatoms. The molecule has 140 valence electrons. The molecular weight excluding hydrogens is 339 g/mol. The van der Waals surface area contributed by atoms with E-state index in [-0.39, 0.29) is 17.9 Å². The topological polar surface area (TPSA) is 24.5 Å². The van der Waals surface area contributed by atoms with Crippen LogP contribution in [0.3, 0.4) is 0 Å². The molecule has 1 aliphatic rings. The van der Waals surface area contributed by atoms with E-state index >= 15 is 0 Å². The summed E-state index contributed by atoms with van der Waals surface area (Å²) in [4.78, 5) is 2.31. The maximum atomic E-state index is 13.3. The maximum absolute atomic E-state index is 13.3. The summed E-state index contributed by atoms with van der Waals surface area (Å²) in [6.45, 7) is 5.20. The van der Waals surface area contributed by atoms with Gasteiger partial charge < -0.3 is 15.0 Å². The molecule has 1 N–H and O–H groups in total. The van der Waals surface area contributed by atoms with Gasteiger partial charge in [0.15, 0.2) is 0 Å². The molecule has 1 aliphatic heterocycles. The lowest BCUT2D eigenvalue weighted by Gasteiger charge is -2.38. The van der Waals surface area contributed by atoms with Crippen molar-refractivity contribution in [3.05, 3.63) is 78.1 Å². The van der Waals surface area contributed by atoms with Crippen LogP contribution in [0.25, 0.3) is 10.8 Å². The van der Waals surface area contributed by atoms with Crippen LogP contribution in [0.4, 0.5) is 10.1 Å². The highest BCUT2D eigenvalue weighted by Gasteiger charge is 2.24. The van der Waals surface area contributed by atoms with Gasteiger partial charge in [0, 0.05) is 24.8 Å². The smallest absolute Gasteiger partial charge is 0.123 e. The summed E-state index contributed by atoms with van der Waals surface area (Å²) in [5, 5.41) is 6.23. The molecule has 1 heterocycles. The molecule has 0 amide bonds. The van der Waals surface area contributed by atoms with E-state index in [2.05, 4.69) is 59.6 Å². The van der Waals surface area contributed by atoms with Crippen molar-refractivity contribution in [2.75, 3.05) is 31.2 Å². The van der Waals surface area contributed by atoms with Crippen molar-refractivity contribution < 1.29 is 9.13 Å². The first-order valence-corrected chi connectivity index (χ1v) is 9.53. The zero-order valence-electron chi connectivity index (χ0n) is 15.6. The molecule has 27 heavy (non-hydrogen) atoms. The summed E-state index contributed by atoms with van der Waals surface area (Å²) >= 11 is 0. The summed E-state index contributed by atoms with van der Waals surface area (Å²) in [5.74, 6) is -0.203. The molecule has 0 aromatic heterocycles. The second kappa shape index (κ2) is 8.07. The number of fused-ring (bicyclic) bond motifs is 1. The third-order valence-electron chi connectivity index (χ3n) is 5.34. The van der Waals surface area contributed by atoms with Gasteiger partial charge in [-0.3, -0.25) is 0 Å². The number of ether oxygens (including phenoxy) is 1. The lowest BCUT2D eigenvalue weighted by atomic mass is 9.99. The van der Waals surface area contributed by atoms with Gasteiger partial charge in [-0.1, -0.05) is 42.5 Å². The minimum Gasteiger partial charge on any atom is -0.377 e. The average Bonchev–Trinajstić information content (AvgIpc) is 2.72. The van der Waals surface area contributed by atoms with E-state index in [4.69, 9.17) is 4.74 Å². The number of nitrogens with zero attached hydrogens (tertiary/aromatic N) is 1. The Morgan fingerprint density at radius 2 is 1.85 bits per heavy atom. The molecule has 0 radical (unpaired) electrons. The number of morpholine rings is 1. The van der Waals surface area contributed by atoms with Crippen LogP contribution in [0.15, 0.2) is 66.7 Å². The van der Waals surface area contributed by atoms with Gasteiger partial charge in [-0.2, -0.15) is 0 Å². The lowest BCUT2D eigenvalue weighted by Crippen LogP contribution is -2.50. The molecule has 3 aromatic carbocycles. The second-order valence-corrected chi connectivity index (χ2v) is 7.10. The highest BCUT2D eigenvalue weighted by Crippen LogP contribution is 2.25. The molecule has 4 rings (SSSR count). The lowest BCUT2D eigenvalue weighted by molar-refractivity contribution is 0.0930. The van der Waals surface area contributed by atoms with Crippen LogP contribution in [-0.2, 0) is 4.74 Å². The summed E-state index contributed by atoms with van der Waals surface area (Å²) in [7, 11) is 0. The Labute approximate surface area is 159 Å². The molecule has 0 spiro atoms. The first-order chi connectivity index (χ1) is 13.2. The molecule has 0 aliphatic carbocycles. The Morgan fingerprint density at radius 1 is 1.07 bits per heavy atom. The van der Waals surface area contributed by atoms with Crippen LogP contribution in [0.2, 0.25) is 0 Å². The van der Waals surface area contributed by atoms with Crippen LogP contribution in [0.1, 0.15) is 18.5 Å². The van der Waals surface area contributed by atoms with E-state index in [1.54, 1.807) is 0 Å². The number of rotatable bonds is 5. The highest BCUT2D eigenvalue weighted by molar-refractivity contribution is 5.86. The van der Waals surface area contributed by atoms with Gasteiger partial charge >= 0.3 is 0 Å². The summed E-state index contributed by atoms with van der Waals surface area (Å²) in [6, 6.07) is 22.1. The minimum atomic E-state index is -0.203. The normalized spacial score (nSPS) is 18.6. The van der Waals surface area contributed by atoms with Crippen LogP contribution < -0.4 is 10.2 Å². The minimum absolute atomic E-state index is 0.203. The first-order valence-electron chi connectivity index (χ1n) is 9.53. The predicted octanol–water partition coefficient (Wildman–Crippen LogP) is 4.53. The van der Waals surface area contributed by atoms with E-state index < -0.39 is 0 Å². The van der Waals surface area contributed by atoms with Gasteiger partial charge in [-0.15, -0.1) is 0 Å². The molecular formula is C23H25FN2O. The van der Waals surface area contributed by atoms with Crippen LogP contribution in [-0.4, -0.2) is 32.3 Å². The number of hydrogen-bond acceptors (Lipinski definition) is 3. The van der Waals surface area contributed by atoms with Crippen molar-refractivity contribution in [2.45, 2.75) is 19.0 Å². The SMILES string of the molecule is C[C@@H](NCC1COCCN1c1ccc(F)cc1)c1cccc2ccccc12. The fraction of sp³-hybridized carbons (Fsp3) is 0.304. The number of halogens is 1. The maximum Gasteiger partial charge on any atom is 0.123 e. The van der Waals surface area contributed by atoms with Gasteiger partial charge in [-0.05, 0) is 47.5 Å². The van der Waals surface area contributed by atoms with Gasteiger partial charge in [-0.25, -0.2) is 4.39 Å². The number of benzene rings is 3. The van der Waals surface area contributed by atoms with Crippen molar-refractivity contribution in [2.24, 2.45) is 0 Å². The van der Waals surface area contributed by atoms with Crippen LogP contribution in [0.5, 0.6) is 0 Å². The Kier molecular flexibility index (Phi) is 5.37. The number of anilines is 1. The van der Waals surface area contributed by atoms with Crippen molar-refractivity contribution in [1.82, 2.24) is 5.32 Å². The molecule has 1 unspecified atom stereocenters. The Bertz CT molecular complexity index is 891. The number of nitrogens with one attached hydrogen (secondary N) is 1. The van der Waals surface area contributed by atoms with E-state index in [1.807, 2.05) is 12.1 Å². The largest absolute Gasteiger partial charge is 0.377 e. The highest BCUT2D eigenvalue weighted by atomic mass is 19.1. The van der Waals surface area contributed by atoms with E-state index in [1.165, 1.54) is 28.5 Å². The Balaban J connectivity index is 1.48. The Hall–Kier alpha value is -2.43. The molecule has 1 fully saturated rings. The quantitative estimate of drug-likeness (QED) is 0.720. The van der Waals surface area contributed by atoms with Gasteiger partial charge in [0.05, 0.1) is 19.3 Å². The molecule has 1 saturated heterocycles. The van der Waals surface area contributed by atoms with E-state index in [0.29, 0.717) is 13.2 Å².